The average Bonchev–Trinajstić information content (AvgIpc) is 3.30. The van der Waals surface area contributed by atoms with Crippen LogP contribution >= 0.6 is 0 Å². The molecular formula is C23H24F3N5O4. The van der Waals surface area contributed by atoms with Gasteiger partial charge in [0.2, 0.25) is 0 Å². The summed E-state index contributed by atoms with van der Waals surface area (Å²) in [5.41, 5.74) is 0.447. The van der Waals surface area contributed by atoms with Crippen molar-refractivity contribution >= 4 is 34.1 Å². The third-order valence-electron chi connectivity index (χ3n) is 5.79. The lowest BCUT2D eigenvalue weighted by atomic mass is 10.1. The number of nitrogens with zero attached hydrogens (tertiary/aromatic N) is 2. The van der Waals surface area contributed by atoms with Gasteiger partial charge in [-0.25, -0.2) is 4.98 Å². The number of ether oxygens (including phenoxy) is 3. The number of fused-ring (bicyclic) bond motifs is 2. The minimum Gasteiger partial charge on any atom is -0.485 e. The van der Waals surface area contributed by atoms with Crippen molar-refractivity contribution in [1.82, 2.24) is 14.9 Å². The van der Waals surface area contributed by atoms with E-state index in [-0.39, 0.29) is 30.2 Å². The largest absolute Gasteiger partial charge is 0.485 e. The number of pyridine rings is 1. The highest BCUT2D eigenvalue weighted by Gasteiger charge is 2.35. The Balaban J connectivity index is 1.51. The summed E-state index contributed by atoms with van der Waals surface area (Å²) in [7, 11) is 0. The lowest BCUT2D eigenvalue weighted by Crippen LogP contribution is -2.41. The molecule has 0 aliphatic carbocycles. The highest BCUT2D eigenvalue weighted by molar-refractivity contribution is 5.99. The number of benzene rings is 1. The number of aromatic nitrogens is 2. The van der Waals surface area contributed by atoms with E-state index < -0.39 is 11.7 Å². The molecule has 0 spiro atoms. The summed E-state index contributed by atoms with van der Waals surface area (Å²) in [6.07, 6.45) is -3.61. The topological polar surface area (TPSA) is 101 Å². The molecule has 0 bridgehead atoms. The number of H-pyrrole nitrogens is 1. The van der Waals surface area contributed by atoms with E-state index in [0.29, 0.717) is 67.1 Å². The van der Waals surface area contributed by atoms with E-state index in [1.807, 2.05) is 0 Å². The maximum atomic E-state index is 13.5. The monoisotopic (exact) mass is 491 g/mol. The molecule has 4 heterocycles. The van der Waals surface area contributed by atoms with Crippen LogP contribution in [0.1, 0.15) is 22.8 Å². The number of rotatable bonds is 5. The van der Waals surface area contributed by atoms with E-state index >= 15 is 0 Å². The smallest absolute Gasteiger partial charge is 0.418 e. The van der Waals surface area contributed by atoms with Crippen molar-refractivity contribution < 1.29 is 32.2 Å². The van der Waals surface area contributed by atoms with Gasteiger partial charge in [-0.05, 0) is 19.1 Å². The van der Waals surface area contributed by atoms with Crippen molar-refractivity contribution in [2.24, 2.45) is 0 Å². The maximum absolute atomic E-state index is 13.5. The van der Waals surface area contributed by atoms with Crippen molar-refractivity contribution in [3.8, 4) is 11.5 Å². The van der Waals surface area contributed by atoms with Gasteiger partial charge in [0.25, 0.3) is 5.91 Å². The number of hydrogen-bond donors (Lipinski definition) is 3. The number of halogens is 3. The fraction of sp³-hybridized carbons (Fsp3) is 0.391. The quantitative estimate of drug-likeness (QED) is 0.496. The van der Waals surface area contributed by atoms with E-state index in [9.17, 15) is 18.0 Å². The Morgan fingerprint density at radius 3 is 2.57 bits per heavy atom. The molecule has 0 unspecified atom stereocenters. The van der Waals surface area contributed by atoms with Crippen molar-refractivity contribution in [3.05, 3.63) is 35.5 Å². The summed E-state index contributed by atoms with van der Waals surface area (Å²) in [5.74, 6) is 0.795. The summed E-state index contributed by atoms with van der Waals surface area (Å²) in [5, 5.41) is 6.07. The molecule has 2 aromatic heterocycles. The highest BCUT2D eigenvalue weighted by atomic mass is 19.4. The van der Waals surface area contributed by atoms with Gasteiger partial charge in [-0.3, -0.25) is 4.79 Å². The third-order valence-corrected chi connectivity index (χ3v) is 5.79. The fourth-order valence-corrected chi connectivity index (χ4v) is 4.23. The summed E-state index contributed by atoms with van der Waals surface area (Å²) < 4.78 is 57.4. The molecule has 0 radical (unpaired) electrons. The third kappa shape index (κ3) is 4.41. The Bertz CT molecular complexity index is 1250. The summed E-state index contributed by atoms with van der Waals surface area (Å²) in [6.45, 7) is 4.72. The molecule has 0 atom stereocenters. The van der Waals surface area contributed by atoms with E-state index in [4.69, 9.17) is 14.2 Å². The van der Waals surface area contributed by atoms with Crippen LogP contribution in [0.5, 0.6) is 11.5 Å². The number of carbonyl (C=O) groups excluding carboxylic acids is 1. The first kappa shape index (κ1) is 23.1. The average molecular weight is 491 g/mol. The van der Waals surface area contributed by atoms with Crippen LogP contribution in [0.25, 0.3) is 11.0 Å². The molecule has 35 heavy (non-hydrogen) atoms. The Morgan fingerprint density at radius 2 is 1.86 bits per heavy atom. The van der Waals surface area contributed by atoms with Crippen molar-refractivity contribution in [1.29, 1.82) is 0 Å². The molecule has 1 saturated heterocycles. The van der Waals surface area contributed by atoms with Gasteiger partial charge in [0.15, 0.2) is 11.5 Å². The normalized spacial score (nSPS) is 15.8. The molecule has 1 fully saturated rings. The maximum Gasteiger partial charge on any atom is 0.418 e. The second-order valence-corrected chi connectivity index (χ2v) is 8.05. The van der Waals surface area contributed by atoms with E-state index in [0.717, 1.165) is 6.20 Å². The molecule has 3 aromatic rings. The minimum absolute atomic E-state index is 0.0297. The first-order chi connectivity index (χ1) is 16.9. The number of amides is 1. The molecule has 9 nitrogen and oxygen atoms in total. The summed E-state index contributed by atoms with van der Waals surface area (Å²) >= 11 is 0. The predicted octanol–water partition coefficient (Wildman–Crippen LogP) is 4.00. The van der Waals surface area contributed by atoms with Crippen molar-refractivity contribution in [2.75, 3.05) is 56.7 Å². The van der Waals surface area contributed by atoms with Crippen LogP contribution < -0.4 is 20.1 Å². The van der Waals surface area contributed by atoms with Gasteiger partial charge < -0.3 is 34.7 Å². The van der Waals surface area contributed by atoms with Crippen LogP contribution in [-0.2, 0) is 10.9 Å². The fourth-order valence-electron chi connectivity index (χ4n) is 4.23. The molecule has 0 saturated carbocycles. The number of hydrogen-bond acceptors (Lipinski definition) is 7. The Morgan fingerprint density at radius 1 is 1.11 bits per heavy atom. The van der Waals surface area contributed by atoms with Gasteiger partial charge in [0, 0.05) is 37.6 Å². The molecule has 1 aromatic carbocycles. The lowest BCUT2D eigenvalue weighted by molar-refractivity contribution is -0.136. The Labute approximate surface area is 198 Å². The van der Waals surface area contributed by atoms with Gasteiger partial charge in [-0.1, -0.05) is 0 Å². The molecular weight excluding hydrogens is 467 g/mol. The molecule has 186 valence electrons. The second-order valence-electron chi connectivity index (χ2n) is 8.05. The summed E-state index contributed by atoms with van der Waals surface area (Å²) in [6, 6.07) is 4.83. The van der Waals surface area contributed by atoms with Gasteiger partial charge in [-0.2, -0.15) is 13.2 Å². The van der Waals surface area contributed by atoms with E-state index in [2.05, 4.69) is 20.6 Å². The standard InChI is InChI=1S/C23H24F3N5O4/c1-2-27-16-11-17(30-21-18(16)14(12-28-21)23(24,25)26)29-15-4-3-13(19-20(15)35-10-9-34-19)22(32)31-5-7-33-8-6-31/h3-4,11-12H,2,5-10H2,1H3,(H3,27,28,29,30). The molecule has 1 amide bonds. The Hall–Kier alpha value is -3.67. The van der Waals surface area contributed by atoms with E-state index in [1.54, 1.807) is 24.0 Å². The van der Waals surface area contributed by atoms with Crippen LogP contribution in [0.3, 0.4) is 0 Å². The lowest BCUT2D eigenvalue weighted by Gasteiger charge is -2.29. The number of nitrogens with one attached hydrogen (secondary N) is 3. The van der Waals surface area contributed by atoms with Gasteiger partial charge in [0.05, 0.1) is 35.4 Å². The molecule has 12 heteroatoms. The van der Waals surface area contributed by atoms with Crippen LogP contribution in [0, 0.1) is 0 Å². The van der Waals surface area contributed by atoms with Crippen LogP contribution in [-0.4, -0.2) is 66.8 Å². The first-order valence-electron chi connectivity index (χ1n) is 11.3. The molecule has 2 aliphatic rings. The zero-order valence-electron chi connectivity index (χ0n) is 18.9. The molecule has 2 aliphatic heterocycles. The van der Waals surface area contributed by atoms with Gasteiger partial charge in [0.1, 0.15) is 24.7 Å². The zero-order valence-corrected chi connectivity index (χ0v) is 18.9. The van der Waals surface area contributed by atoms with Crippen LogP contribution in [0.15, 0.2) is 24.4 Å². The Kier molecular flexibility index (Phi) is 6.05. The number of carbonyl (C=O) groups is 1. The number of aromatic amines is 1. The SMILES string of the molecule is CCNc1cc(Nc2ccc(C(=O)N3CCOCC3)c3c2OCCO3)nc2[nH]cc(C(F)(F)F)c12. The number of alkyl halides is 3. The number of morpholine rings is 1. The van der Waals surface area contributed by atoms with Crippen LogP contribution in [0.2, 0.25) is 0 Å². The molecule has 5 rings (SSSR count). The summed E-state index contributed by atoms with van der Waals surface area (Å²) in [4.78, 5) is 21.7. The van der Waals surface area contributed by atoms with Crippen molar-refractivity contribution in [3.63, 3.8) is 0 Å². The van der Waals surface area contributed by atoms with Crippen molar-refractivity contribution in [2.45, 2.75) is 13.1 Å². The van der Waals surface area contributed by atoms with Crippen LogP contribution in [0.4, 0.5) is 30.4 Å². The van der Waals surface area contributed by atoms with E-state index in [1.165, 1.54) is 6.07 Å². The van der Waals surface area contributed by atoms with Gasteiger partial charge in [-0.15, -0.1) is 0 Å². The minimum atomic E-state index is -4.52. The second kappa shape index (κ2) is 9.17. The first-order valence-corrected chi connectivity index (χ1v) is 11.3. The highest BCUT2D eigenvalue weighted by Crippen LogP contribution is 2.43. The predicted molar refractivity (Wildman–Crippen MR) is 123 cm³/mol. The number of anilines is 3. The molecule has 3 N–H and O–H groups in total. The zero-order chi connectivity index (χ0) is 24.6. The van der Waals surface area contributed by atoms with Gasteiger partial charge >= 0.3 is 6.18 Å².